The summed E-state index contributed by atoms with van der Waals surface area (Å²) in [4.78, 5) is 27.0. The molecule has 0 aliphatic carbocycles. The predicted octanol–water partition coefficient (Wildman–Crippen LogP) is 4.50. The third-order valence-electron chi connectivity index (χ3n) is 3.26. The number of aromatic nitrogens is 3. The molecule has 0 radical (unpaired) electrons. The molecular weight excluding hydrogens is 449 g/mol. The van der Waals surface area contributed by atoms with Crippen molar-refractivity contribution in [2.45, 2.75) is 0 Å². The van der Waals surface area contributed by atoms with Crippen LogP contribution >= 0.6 is 39.1 Å². The van der Waals surface area contributed by atoms with Crippen LogP contribution in [0.25, 0.3) is 5.82 Å². The number of amides is 1. The van der Waals surface area contributed by atoms with E-state index in [1.807, 2.05) is 0 Å². The van der Waals surface area contributed by atoms with Gasteiger partial charge in [-0.25, -0.2) is 9.67 Å². The minimum atomic E-state index is -0.577. The Morgan fingerprint density at radius 2 is 2.00 bits per heavy atom. The number of hydrogen-bond acceptors (Lipinski definition) is 5. The molecule has 0 atom stereocenters. The Morgan fingerprint density at radius 1 is 1.23 bits per heavy atom. The SMILES string of the molecule is O=C(Nc1ccc([N+](=O)[O-])cc1Cl)c1cc(Br)nn1-c1ncccc1Cl. The predicted molar refractivity (Wildman–Crippen MR) is 100 cm³/mol. The average Bonchev–Trinajstić information content (AvgIpc) is 2.98. The summed E-state index contributed by atoms with van der Waals surface area (Å²) in [5, 5.41) is 17.9. The summed E-state index contributed by atoms with van der Waals surface area (Å²) in [5.41, 5.74) is 0.186. The van der Waals surface area contributed by atoms with Crippen LogP contribution in [0, 0.1) is 10.1 Å². The second kappa shape index (κ2) is 7.40. The van der Waals surface area contributed by atoms with Gasteiger partial charge in [0.05, 0.1) is 20.7 Å². The summed E-state index contributed by atoms with van der Waals surface area (Å²) in [6.45, 7) is 0. The van der Waals surface area contributed by atoms with Crippen LogP contribution in [0.15, 0.2) is 47.2 Å². The summed E-state index contributed by atoms with van der Waals surface area (Å²) in [7, 11) is 0. The van der Waals surface area contributed by atoms with E-state index in [4.69, 9.17) is 23.2 Å². The van der Waals surface area contributed by atoms with Gasteiger partial charge in [0.25, 0.3) is 11.6 Å². The van der Waals surface area contributed by atoms with Gasteiger partial charge in [0.15, 0.2) is 5.82 Å². The fraction of sp³-hybridized carbons (Fsp3) is 0. The Bertz CT molecular complexity index is 1020. The minimum absolute atomic E-state index is 0.0357. The van der Waals surface area contributed by atoms with Crippen LogP contribution in [0.4, 0.5) is 11.4 Å². The van der Waals surface area contributed by atoms with Gasteiger partial charge in [-0.15, -0.1) is 0 Å². The molecule has 0 bridgehead atoms. The number of anilines is 1. The van der Waals surface area contributed by atoms with E-state index in [2.05, 4.69) is 31.3 Å². The van der Waals surface area contributed by atoms with Crippen molar-refractivity contribution in [3.63, 3.8) is 0 Å². The first-order chi connectivity index (χ1) is 12.4. The Morgan fingerprint density at radius 3 is 2.65 bits per heavy atom. The number of nitrogens with zero attached hydrogens (tertiary/aromatic N) is 4. The van der Waals surface area contributed by atoms with Crippen molar-refractivity contribution in [2.75, 3.05) is 5.32 Å². The van der Waals surface area contributed by atoms with Gasteiger partial charge in [-0.05, 0) is 34.1 Å². The van der Waals surface area contributed by atoms with Gasteiger partial charge in [-0.1, -0.05) is 23.2 Å². The zero-order chi connectivity index (χ0) is 18.8. The molecule has 0 saturated heterocycles. The molecule has 2 aromatic heterocycles. The van der Waals surface area contributed by atoms with Crippen LogP contribution in [-0.2, 0) is 0 Å². The van der Waals surface area contributed by atoms with E-state index in [9.17, 15) is 14.9 Å². The third-order valence-corrected chi connectivity index (χ3v) is 4.26. The van der Waals surface area contributed by atoms with Crippen molar-refractivity contribution >= 4 is 56.4 Å². The first-order valence-corrected chi connectivity index (χ1v) is 8.53. The summed E-state index contributed by atoms with van der Waals surface area (Å²) in [5.74, 6) is -0.263. The van der Waals surface area contributed by atoms with Crippen LogP contribution in [0.1, 0.15) is 10.5 Å². The van der Waals surface area contributed by atoms with Crippen LogP contribution in [0.2, 0.25) is 10.0 Å². The molecule has 0 aliphatic heterocycles. The number of benzene rings is 1. The van der Waals surface area contributed by atoms with Gasteiger partial charge in [0.2, 0.25) is 0 Å². The number of nitrogens with one attached hydrogen (secondary N) is 1. The maximum Gasteiger partial charge on any atom is 0.274 e. The largest absolute Gasteiger partial charge is 0.319 e. The quantitative estimate of drug-likeness (QED) is 0.459. The lowest BCUT2D eigenvalue weighted by Crippen LogP contribution is -2.18. The first kappa shape index (κ1) is 18.3. The number of carbonyl (C=O) groups excluding carboxylic acids is 1. The summed E-state index contributed by atoms with van der Waals surface area (Å²) in [6.07, 6.45) is 1.52. The lowest BCUT2D eigenvalue weighted by molar-refractivity contribution is -0.384. The molecule has 1 amide bonds. The molecule has 0 spiro atoms. The fourth-order valence-electron chi connectivity index (χ4n) is 2.11. The molecule has 11 heteroatoms. The van der Waals surface area contributed by atoms with E-state index in [-0.39, 0.29) is 27.9 Å². The lowest BCUT2D eigenvalue weighted by atomic mass is 10.2. The Kier molecular flexibility index (Phi) is 5.21. The van der Waals surface area contributed by atoms with Crippen molar-refractivity contribution in [3.05, 3.63) is 73.1 Å². The standard InChI is InChI=1S/C15H8BrCl2N5O3/c16-13-7-12(22(21-13)14-9(17)2-1-5-19-14)15(24)20-11-4-3-8(23(25)26)6-10(11)18/h1-7H,(H,20,24). The lowest BCUT2D eigenvalue weighted by Gasteiger charge is -2.09. The molecule has 0 unspecified atom stereocenters. The average molecular weight is 457 g/mol. The number of halogens is 3. The van der Waals surface area contributed by atoms with E-state index in [1.54, 1.807) is 12.1 Å². The molecule has 3 rings (SSSR count). The molecule has 0 fully saturated rings. The highest BCUT2D eigenvalue weighted by atomic mass is 79.9. The van der Waals surface area contributed by atoms with Gasteiger partial charge in [0, 0.05) is 24.4 Å². The van der Waals surface area contributed by atoms with Gasteiger partial charge in [-0.2, -0.15) is 5.10 Å². The highest BCUT2D eigenvalue weighted by molar-refractivity contribution is 9.10. The highest BCUT2D eigenvalue weighted by Gasteiger charge is 2.20. The van der Waals surface area contributed by atoms with E-state index < -0.39 is 10.8 Å². The maximum atomic E-state index is 12.6. The van der Waals surface area contributed by atoms with Crippen molar-refractivity contribution in [2.24, 2.45) is 0 Å². The third kappa shape index (κ3) is 3.69. The Balaban J connectivity index is 1.95. The van der Waals surface area contributed by atoms with Crippen molar-refractivity contribution in [3.8, 4) is 5.82 Å². The monoisotopic (exact) mass is 455 g/mol. The van der Waals surface area contributed by atoms with Gasteiger partial charge >= 0.3 is 0 Å². The number of nitro benzene ring substituents is 1. The van der Waals surface area contributed by atoms with Crippen LogP contribution in [-0.4, -0.2) is 25.6 Å². The molecule has 26 heavy (non-hydrogen) atoms. The zero-order valence-corrected chi connectivity index (χ0v) is 15.8. The smallest absolute Gasteiger partial charge is 0.274 e. The second-order valence-corrected chi connectivity index (χ2v) is 6.58. The molecule has 3 aromatic rings. The maximum absolute atomic E-state index is 12.6. The van der Waals surface area contributed by atoms with E-state index in [0.29, 0.717) is 9.63 Å². The van der Waals surface area contributed by atoms with Crippen LogP contribution in [0.5, 0.6) is 0 Å². The number of carbonyl (C=O) groups is 1. The molecule has 0 saturated carbocycles. The van der Waals surface area contributed by atoms with Crippen LogP contribution in [0.3, 0.4) is 0 Å². The first-order valence-electron chi connectivity index (χ1n) is 6.98. The van der Waals surface area contributed by atoms with E-state index in [0.717, 1.165) is 6.07 Å². The summed E-state index contributed by atoms with van der Waals surface area (Å²) in [6, 6.07) is 8.50. The molecule has 8 nitrogen and oxygen atoms in total. The Hall–Kier alpha value is -2.49. The molecule has 1 aromatic carbocycles. The van der Waals surface area contributed by atoms with Gasteiger partial charge < -0.3 is 5.32 Å². The van der Waals surface area contributed by atoms with Gasteiger partial charge in [0.1, 0.15) is 10.3 Å². The Labute approximate surface area is 165 Å². The normalized spacial score (nSPS) is 10.6. The number of pyridine rings is 1. The molecule has 0 aliphatic rings. The van der Waals surface area contributed by atoms with Gasteiger partial charge in [-0.3, -0.25) is 14.9 Å². The second-order valence-electron chi connectivity index (χ2n) is 4.95. The molecule has 1 N–H and O–H groups in total. The molecular formula is C15H8BrCl2N5O3. The number of non-ortho nitro benzene ring substituents is 1. The fourth-order valence-corrected chi connectivity index (χ4v) is 2.91. The van der Waals surface area contributed by atoms with E-state index >= 15 is 0 Å². The van der Waals surface area contributed by atoms with Crippen molar-refractivity contribution in [1.82, 2.24) is 14.8 Å². The zero-order valence-electron chi connectivity index (χ0n) is 12.7. The molecule has 132 valence electrons. The van der Waals surface area contributed by atoms with Crippen molar-refractivity contribution in [1.29, 1.82) is 0 Å². The summed E-state index contributed by atoms with van der Waals surface area (Å²) >= 11 is 15.3. The summed E-state index contributed by atoms with van der Waals surface area (Å²) < 4.78 is 1.68. The minimum Gasteiger partial charge on any atom is -0.319 e. The number of rotatable bonds is 4. The topological polar surface area (TPSA) is 103 Å². The number of hydrogen-bond donors (Lipinski definition) is 1. The number of nitro groups is 1. The highest BCUT2D eigenvalue weighted by Crippen LogP contribution is 2.28. The van der Waals surface area contributed by atoms with E-state index in [1.165, 1.54) is 29.1 Å². The van der Waals surface area contributed by atoms with Crippen molar-refractivity contribution < 1.29 is 9.72 Å². The molecule has 2 heterocycles. The van der Waals surface area contributed by atoms with Crippen LogP contribution < -0.4 is 5.32 Å².